The molecule has 0 aromatic heterocycles. The molecule has 0 bridgehead atoms. The van der Waals surface area contributed by atoms with E-state index in [2.05, 4.69) is 25.7 Å². The van der Waals surface area contributed by atoms with Crippen LogP contribution in [0.15, 0.2) is 0 Å². The summed E-state index contributed by atoms with van der Waals surface area (Å²) in [6.07, 6.45) is 4.78. The van der Waals surface area contributed by atoms with Crippen LogP contribution in [0.2, 0.25) is 0 Å². The fourth-order valence-corrected chi connectivity index (χ4v) is 3.05. The molecule has 1 unspecified atom stereocenters. The normalized spacial score (nSPS) is 20.7. The standard InChI is InChI=1S/C14H27NO2/c1-4-13(11(2)3)15-9-7-12(8-10-15)5-6-14(16)17/h11-13H,4-10H2,1-3H3,(H,16,17). The van der Waals surface area contributed by atoms with Crippen molar-refractivity contribution in [2.24, 2.45) is 11.8 Å². The van der Waals surface area contributed by atoms with Crippen LogP contribution in [-0.4, -0.2) is 35.1 Å². The van der Waals surface area contributed by atoms with Crippen molar-refractivity contribution in [2.45, 2.75) is 58.9 Å². The minimum absolute atomic E-state index is 0.339. The Morgan fingerprint density at radius 1 is 1.35 bits per heavy atom. The van der Waals surface area contributed by atoms with Crippen molar-refractivity contribution in [3.8, 4) is 0 Å². The molecule has 1 aliphatic rings. The number of carboxylic acids is 1. The molecule has 1 N–H and O–H groups in total. The average Bonchev–Trinajstić information content (AvgIpc) is 2.28. The highest BCUT2D eigenvalue weighted by Crippen LogP contribution is 2.26. The van der Waals surface area contributed by atoms with Gasteiger partial charge in [-0.15, -0.1) is 0 Å². The molecule has 0 saturated carbocycles. The first-order valence-electron chi connectivity index (χ1n) is 7.00. The van der Waals surface area contributed by atoms with Crippen LogP contribution in [0.1, 0.15) is 52.9 Å². The van der Waals surface area contributed by atoms with E-state index in [4.69, 9.17) is 5.11 Å². The summed E-state index contributed by atoms with van der Waals surface area (Å²) in [6, 6.07) is 0.704. The topological polar surface area (TPSA) is 40.5 Å². The third-order valence-electron chi connectivity index (χ3n) is 4.07. The molecular formula is C14H27NO2. The number of likely N-dealkylation sites (tertiary alicyclic amines) is 1. The van der Waals surface area contributed by atoms with E-state index in [9.17, 15) is 4.79 Å². The Labute approximate surface area is 105 Å². The Hall–Kier alpha value is -0.570. The molecule has 0 aromatic carbocycles. The molecule has 1 fully saturated rings. The molecule has 0 amide bonds. The number of carboxylic acid groups (broad SMARTS) is 1. The molecule has 0 aromatic rings. The number of aliphatic carboxylic acids is 1. The van der Waals surface area contributed by atoms with Crippen molar-refractivity contribution in [2.75, 3.05) is 13.1 Å². The summed E-state index contributed by atoms with van der Waals surface area (Å²) in [5, 5.41) is 8.68. The van der Waals surface area contributed by atoms with Crippen LogP contribution in [0, 0.1) is 11.8 Å². The highest BCUT2D eigenvalue weighted by molar-refractivity contribution is 5.66. The number of nitrogens with zero attached hydrogens (tertiary/aromatic N) is 1. The lowest BCUT2D eigenvalue weighted by molar-refractivity contribution is -0.137. The highest BCUT2D eigenvalue weighted by Gasteiger charge is 2.25. The Morgan fingerprint density at radius 3 is 2.35 bits per heavy atom. The zero-order valence-electron chi connectivity index (χ0n) is 11.5. The number of piperidine rings is 1. The quantitative estimate of drug-likeness (QED) is 0.777. The Kier molecular flexibility index (Phi) is 5.96. The van der Waals surface area contributed by atoms with Gasteiger partial charge in [0.1, 0.15) is 0 Å². The van der Waals surface area contributed by atoms with Gasteiger partial charge in [-0.3, -0.25) is 4.79 Å². The van der Waals surface area contributed by atoms with Crippen LogP contribution in [0.4, 0.5) is 0 Å². The van der Waals surface area contributed by atoms with Crippen molar-refractivity contribution in [3.05, 3.63) is 0 Å². The molecule has 0 aliphatic carbocycles. The second kappa shape index (κ2) is 7.00. The van der Waals surface area contributed by atoms with Crippen LogP contribution >= 0.6 is 0 Å². The molecule has 17 heavy (non-hydrogen) atoms. The van der Waals surface area contributed by atoms with Crippen LogP contribution in [0.3, 0.4) is 0 Å². The van der Waals surface area contributed by atoms with Crippen LogP contribution in [-0.2, 0) is 4.79 Å². The predicted molar refractivity (Wildman–Crippen MR) is 70.1 cm³/mol. The lowest BCUT2D eigenvalue weighted by Gasteiger charge is -2.39. The summed E-state index contributed by atoms with van der Waals surface area (Å²) in [7, 11) is 0. The fraction of sp³-hybridized carbons (Fsp3) is 0.929. The smallest absolute Gasteiger partial charge is 0.303 e. The van der Waals surface area contributed by atoms with Gasteiger partial charge in [-0.25, -0.2) is 0 Å². The molecular weight excluding hydrogens is 214 g/mol. The monoisotopic (exact) mass is 241 g/mol. The van der Waals surface area contributed by atoms with Crippen LogP contribution < -0.4 is 0 Å². The van der Waals surface area contributed by atoms with Gasteiger partial charge in [0.05, 0.1) is 0 Å². The Bertz CT molecular complexity index is 232. The van der Waals surface area contributed by atoms with E-state index in [1.165, 1.54) is 19.3 Å². The lowest BCUT2D eigenvalue weighted by Crippen LogP contribution is -2.43. The molecule has 3 heteroatoms. The average molecular weight is 241 g/mol. The molecule has 0 radical (unpaired) electrons. The summed E-state index contributed by atoms with van der Waals surface area (Å²) in [6.45, 7) is 9.17. The summed E-state index contributed by atoms with van der Waals surface area (Å²) in [4.78, 5) is 13.1. The van der Waals surface area contributed by atoms with E-state index < -0.39 is 5.97 Å². The van der Waals surface area contributed by atoms with Gasteiger partial charge in [0, 0.05) is 12.5 Å². The van der Waals surface area contributed by atoms with Crippen LogP contribution in [0.25, 0.3) is 0 Å². The third kappa shape index (κ3) is 4.66. The molecule has 1 heterocycles. The maximum Gasteiger partial charge on any atom is 0.303 e. The minimum Gasteiger partial charge on any atom is -0.481 e. The van der Waals surface area contributed by atoms with Crippen molar-refractivity contribution >= 4 is 5.97 Å². The first-order valence-corrected chi connectivity index (χ1v) is 7.00. The van der Waals surface area contributed by atoms with Crippen LogP contribution in [0.5, 0.6) is 0 Å². The first kappa shape index (κ1) is 14.5. The number of hydrogen-bond acceptors (Lipinski definition) is 2. The molecule has 1 aliphatic heterocycles. The number of rotatable bonds is 6. The van der Waals surface area contributed by atoms with Gasteiger partial charge in [-0.1, -0.05) is 20.8 Å². The van der Waals surface area contributed by atoms with Gasteiger partial charge in [0.25, 0.3) is 0 Å². The van der Waals surface area contributed by atoms with Gasteiger partial charge < -0.3 is 10.0 Å². The lowest BCUT2D eigenvalue weighted by atomic mass is 9.89. The fourth-order valence-electron chi connectivity index (χ4n) is 3.05. The van der Waals surface area contributed by atoms with Gasteiger partial charge >= 0.3 is 5.97 Å². The summed E-state index contributed by atoms with van der Waals surface area (Å²) < 4.78 is 0. The molecule has 0 spiro atoms. The van der Waals surface area contributed by atoms with Gasteiger partial charge in [0.2, 0.25) is 0 Å². The van der Waals surface area contributed by atoms with E-state index in [0.717, 1.165) is 25.4 Å². The van der Waals surface area contributed by atoms with Gasteiger partial charge in [-0.05, 0) is 50.6 Å². The molecule has 3 nitrogen and oxygen atoms in total. The van der Waals surface area contributed by atoms with Crippen molar-refractivity contribution < 1.29 is 9.90 Å². The Balaban J connectivity index is 2.32. The number of hydrogen-bond donors (Lipinski definition) is 1. The SMILES string of the molecule is CCC(C(C)C)N1CCC(CCC(=O)O)CC1. The highest BCUT2D eigenvalue weighted by atomic mass is 16.4. The molecule has 1 saturated heterocycles. The van der Waals surface area contributed by atoms with Crippen molar-refractivity contribution in [1.29, 1.82) is 0 Å². The van der Waals surface area contributed by atoms with E-state index in [-0.39, 0.29) is 0 Å². The largest absolute Gasteiger partial charge is 0.481 e. The van der Waals surface area contributed by atoms with E-state index in [1.54, 1.807) is 0 Å². The van der Waals surface area contributed by atoms with E-state index >= 15 is 0 Å². The van der Waals surface area contributed by atoms with Gasteiger partial charge in [0.15, 0.2) is 0 Å². The molecule has 1 atom stereocenters. The minimum atomic E-state index is -0.652. The predicted octanol–water partition coefficient (Wildman–Crippen LogP) is 3.00. The summed E-state index contributed by atoms with van der Waals surface area (Å²) in [5.74, 6) is 0.698. The van der Waals surface area contributed by atoms with Gasteiger partial charge in [-0.2, -0.15) is 0 Å². The Morgan fingerprint density at radius 2 is 1.94 bits per heavy atom. The van der Waals surface area contributed by atoms with E-state index in [1.807, 2.05) is 0 Å². The first-order chi connectivity index (χ1) is 8.04. The zero-order valence-corrected chi connectivity index (χ0v) is 11.5. The zero-order chi connectivity index (χ0) is 12.8. The summed E-state index contributed by atoms with van der Waals surface area (Å²) >= 11 is 0. The van der Waals surface area contributed by atoms with Crippen molar-refractivity contribution in [3.63, 3.8) is 0 Å². The molecule has 1 rings (SSSR count). The van der Waals surface area contributed by atoms with Crippen molar-refractivity contribution in [1.82, 2.24) is 4.90 Å². The van der Waals surface area contributed by atoms with E-state index in [0.29, 0.717) is 18.4 Å². The second-order valence-corrected chi connectivity index (χ2v) is 5.63. The third-order valence-corrected chi connectivity index (χ3v) is 4.07. The second-order valence-electron chi connectivity index (χ2n) is 5.63. The maximum atomic E-state index is 10.5. The molecule has 100 valence electrons. The maximum absolute atomic E-state index is 10.5. The number of carbonyl (C=O) groups is 1. The summed E-state index contributed by atoms with van der Waals surface area (Å²) in [5.41, 5.74) is 0.